The molecule has 1 atom stereocenters. The van der Waals surface area contributed by atoms with Gasteiger partial charge in [-0.1, -0.05) is 24.3 Å². The number of hydrogen-bond acceptors (Lipinski definition) is 4. The molecule has 4 aliphatic heterocycles. The van der Waals surface area contributed by atoms with E-state index in [1.54, 1.807) is 0 Å². The third-order valence-electron chi connectivity index (χ3n) is 8.35. The molecule has 0 aromatic heterocycles. The van der Waals surface area contributed by atoms with Gasteiger partial charge in [-0.2, -0.15) is 0 Å². The standard InChI is InChI=1S/C25H35N3O3/c1-2-31-23(29)19-5-9-21(10-6-19)28-22(17-26-24(28)30)18-3-7-20(8-4-18)25-11-14-27(15-12-25)16-13-25/h3-4,7-8,19,21-22H,2,5-6,9-17H2,1H3,(H,26,30)/t19-,21-,22?. The number of nitrogens with one attached hydrogen (secondary N) is 1. The lowest BCUT2D eigenvalue weighted by atomic mass is 9.67. The highest BCUT2D eigenvalue weighted by molar-refractivity contribution is 5.78. The zero-order chi connectivity index (χ0) is 21.4. The summed E-state index contributed by atoms with van der Waals surface area (Å²) in [4.78, 5) is 29.4. The minimum Gasteiger partial charge on any atom is -0.466 e. The highest BCUT2D eigenvalue weighted by Crippen LogP contribution is 2.43. The Bertz CT molecular complexity index is 794. The minimum atomic E-state index is -0.0770. The first-order chi connectivity index (χ1) is 15.1. The lowest BCUT2D eigenvalue weighted by molar-refractivity contribution is -0.149. The van der Waals surface area contributed by atoms with Gasteiger partial charge in [-0.25, -0.2) is 4.79 Å². The average molecular weight is 426 g/mol. The van der Waals surface area contributed by atoms with Crippen molar-refractivity contribution in [1.29, 1.82) is 0 Å². The second-order valence-corrected chi connectivity index (χ2v) is 9.86. The van der Waals surface area contributed by atoms with Crippen LogP contribution >= 0.6 is 0 Å². The number of carbonyl (C=O) groups excluding carboxylic acids is 2. The summed E-state index contributed by atoms with van der Waals surface area (Å²) in [5, 5.41) is 3.06. The minimum absolute atomic E-state index is 0.0132. The largest absolute Gasteiger partial charge is 0.466 e. The lowest BCUT2D eigenvalue weighted by Gasteiger charge is -2.49. The average Bonchev–Trinajstić information content (AvgIpc) is 3.22. The van der Waals surface area contributed by atoms with Crippen molar-refractivity contribution in [2.45, 2.75) is 69.4 Å². The second kappa shape index (κ2) is 8.45. The number of urea groups is 1. The van der Waals surface area contributed by atoms with Crippen LogP contribution in [0.15, 0.2) is 24.3 Å². The van der Waals surface area contributed by atoms with Crippen LogP contribution in [0.2, 0.25) is 0 Å². The van der Waals surface area contributed by atoms with Crippen molar-refractivity contribution in [3.8, 4) is 0 Å². The van der Waals surface area contributed by atoms with Crippen LogP contribution in [0.25, 0.3) is 0 Å². The fraction of sp³-hybridized carbons (Fsp3) is 0.680. The van der Waals surface area contributed by atoms with Crippen molar-refractivity contribution in [1.82, 2.24) is 15.1 Å². The third-order valence-corrected chi connectivity index (χ3v) is 8.35. The number of rotatable bonds is 5. The first-order valence-electron chi connectivity index (χ1n) is 12.2. The Morgan fingerprint density at radius 1 is 1.06 bits per heavy atom. The van der Waals surface area contributed by atoms with E-state index in [1.807, 2.05) is 11.8 Å². The highest BCUT2D eigenvalue weighted by Gasteiger charge is 2.42. The van der Waals surface area contributed by atoms with Crippen molar-refractivity contribution in [2.24, 2.45) is 5.92 Å². The monoisotopic (exact) mass is 425 g/mol. The molecular formula is C25H35N3O3. The van der Waals surface area contributed by atoms with Gasteiger partial charge in [0.05, 0.1) is 18.6 Å². The fourth-order valence-corrected chi connectivity index (χ4v) is 6.38. The van der Waals surface area contributed by atoms with Crippen LogP contribution in [0.5, 0.6) is 0 Å². The zero-order valence-electron chi connectivity index (χ0n) is 18.6. The quantitative estimate of drug-likeness (QED) is 0.732. The summed E-state index contributed by atoms with van der Waals surface area (Å²) in [6, 6.07) is 9.48. The number of ether oxygens (including phenoxy) is 1. The Balaban J connectivity index is 1.27. The summed E-state index contributed by atoms with van der Waals surface area (Å²) in [6.07, 6.45) is 7.15. The van der Waals surface area contributed by atoms with E-state index in [0.29, 0.717) is 18.6 Å². The first kappa shape index (κ1) is 20.8. The predicted octanol–water partition coefficient (Wildman–Crippen LogP) is 3.61. The van der Waals surface area contributed by atoms with Gasteiger partial charge in [-0.3, -0.25) is 4.79 Å². The molecule has 31 heavy (non-hydrogen) atoms. The molecule has 4 saturated heterocycles. The Labute approximate surface area is 185 Å². The van der Waals surface area contributed by atoms with Gasteiger partial charge in [0.15, 0.2) is 0 Å². The molecule has 1 aromatic carbocycles. The van der Waals surface area contributed by atoms with Crippen LogP contribution in [-0.2, 0) is 14.9 Å². The molecule has 1 N–H and O–H groups in total. The number of benzene rings is 1. The van der Waals surface area contributed by atoms with E-state index in [9.17, 15) is 9.59 Å². The third kappa shape index (κ3) is 3.84. The van der Waals surface area contributed by atoms with Gasteiger partial charge in [0.2, 0.25) is 0 Å². The molecule has 6 heteroatoms. The molecule has 2 bridgehead atoms. The molecule has 1 aromatic rings. The Kier molecular flexibility index (Phi) is 5.67. The van der Waals surface area contributed by atoms with E-state index in [0.717, 1.165) is 25.7 Å². The van der Waals surface area contributed by atoms with Gasteiger partial charge < -0.3 is 19.9 Å². The number of hydrogen-bond donors (Lipinski definition) is 1. The highest BCUT2D eigenvalue weighted by atomic mass is 16.5. The summed E-state index contributed by atoms with van der Waals surface area (Å²) < 4.78 is 5.20. The van der Waals surface area contributed by atoms with E-state index in [-0.39, 0.29) is 30.0 Å². The SMILES string of the molecule is CCOC(=O)[C@H]1CC[C@H](N2C(=O)NCC2c2ccc(C34CCN(CC3)CC4)cc2)CC1. The van der Waals surface area contributed by atoms with Crippen LogP contribution in [0.1, 0.15) is 69.0 Å². The molecule has 168 valence electrons. The molecule has 6 rings (SSSR count). The molecule has 2 amide bonds. The van der Waals surface area contributed by atoms with Crippen molar-refractivity contribution in [3.05, 3.63) is 35.4 Å². The van der Waals surface area contributed by atoms with Gasteiger partial charge in [-0.05, 0) is 88.0 Å². The normalized spacial score (nSPS) is 35.1. The molecule has 1 saturated carbocycles. The van der Waals surface area contributed by atoms with Crippen LogP contribution < -0.4 is 5.32 Å². The number of carbonyl (C=O) groups is 2. The van der Waals surface area contributed by atoms with E-state index < -0.39 is 0 Å². The zero-order valence-corrected chi connectivity index (χ0v) is 18.6. The maximum Gasteiger partial charge on any atom is 0.318 e. The molecule has 0 radical (unpaired) electrons. The molecule has 1 unspecified atom stereocenters. The van der Waals surface area contributed by atoms with E-state index >= 15 is 0 Å². The number of amides is 2. The van der Waals surface area contributed by atoms with Crippen LogP contribution in [-0.4, -0.2) is 60.6 Å². The second-order valence-electron chi connectivity index (χ2n) is 9.86. The molecule has 6 nitrogen and oxygen atoms in total. The fourth-order valence-electron chi connectivity index (χ4n) is 6.38. The van der Waals surface area contributed by atoms with Crippen molar-refractivity contribution < 1.29 is 14.3 Å². The molecule has 5 aliphatic rings. The topological polar surface area (TPSA) is 61.9 Å². The summed E-state index contributed by atoms with van der Waals surface area (Å²) in [5.41, 5.74) is 3.07. The van der Waals surface area contributed by atoms with E-state index in [2.05, 4.69) is 34.5 Å². The lowest BCUT2D eigenvalue weighted by Crippen LogP contribution is -2.50. The maximum atomic E-state index is 12.7. The van der Waals surface area contributed by atoms with Gasteiger partial charge in [-0.15, -0.1) is 0 Å². The van der Waals surface area contributed by atoms with Crippen LogP contribution in [0.4, 0.5) is 4.79 Å². The number of fused-ring (bicyclic) bond motifs is 3. The molecule has 0 spiro atoms. The number of nitrogens with zero attached hydrogens (tertiary/aromatic N) is 2. The van der Waals surface area contributed by atoms with Gasteiger partial charge in [0.25, 0.3) is 0 Å². The maximum absolute atomic E-state index is 12.7. The summed E-state index contributed by atoms with van der Waals surface area (Å²) in [6.45, 7) is 6.63. The molecule has 5 fully saturated rings. The number of esters is 1. The summed E-state index contributed by atoms with van der Waals surface area (Å²) >= 11 is 0. The van der Waals surface area contributed by atoms with E-state index in [4.69, 9.17) is 4.74 Å². The van der Waals surface area contributed by atoms with E-state index in [1.165, 1.54) is 50.0 Å². The van der Waals surface area contributed by atoms with Crippen LogP contribution in [0, 0.1) is 5.92 Å². The predicted molar refractivity (Wildman–Crippen MR) is 119 cm³/mol. The smallest absolute Gasteiger partial charge is 0.318 e. The van der Waals surface area contributed by atoms with Gasteiger partial charge >= 0.3 is 12.0 Å². The van der Waals surface area contributed by atoms with Crippen molar-refractivity contribution >= 4 is 12.0 Å². The molecule has 4 heterocycles. The summed E-state index contributed by atoms with van der Waals surface area (Å²) in [5.74, 6) is -0.0901. The Morgan fingerprint density at radius 2 is 1.71 bits per heavy atom. The number of piperidine rings is 3. The summed E-state index contributed by atoms with van der Waals surface area (Å²) in [7, 11) is 0. The van der Waals surface area contributed by atoms with Gasteiger partial charge in [0.1, 0.15) is 0 Å². The van der Waals surface area contributed by atoms with Gasteiger partial charge in [0, 0.05) is 12.6 Å². The van der Waals surface area contributed by atoms with Crippen molar-refractivity contribution in [2.75, 3.05) is 32.8 Å². The Morgan fingerprint density at radius 3 is 2.32 bits per heavy atom. The molecular weight excluding hydrogens is 390 g/mol. The molecule has 1 aliphatic carbocycles. The Hall–Kier alpha value is -2.08. The van der Waals surface area contributed by atoms with Crippen molar-refractivity contribution in [3.63, 3.8) is 0 Å². The van der Waals surface area contributed by atoms with Crippen LogP contribution in [0.3, 0.4) is 0 Å². The first-order valence-corrected chi connectivity index (χ1v) is 12.2.